The summed E-state index contributed by atoms with van der Waals surface area (Å²) in [5, 5.41) is 3.24. The van der Waals surface area contributed by atoms with Gasteiger partial charge in [-0.05, 0) is 64.7 Å². The molecule has 0 bridgehead atoms. The minimum absolute atomic E-state index is 0.846. The first-order valence-corrected chi connectivity index (χ1v) is 8.12. The van der Waals surface area contributed by atoms with Crippen LogP contribution in [0.3, 0.4) is 0 Å². The number of hydrogen-bond donors (Lipinski definition) is 1. The van der Waals surface area contributed by atoms with Gasteiger partial charge in [0, 0.05) is 6.04 Å². The maximum atomic E-state index is 3.24. The van der Waals surface area contributed by atoms with Crippen molar-refractivity contribution in [1.82, 2.24) is 10.2 Å². The SMILES string of the molecule is CNCCCCCN(CCC(C)C)C1CCCC1. The Morgan fingerprint density at radius 2 is 1.78 bits per heavy atom. The van der Waals surface area contributed by atoms with E-state index in [1.165, 1.54) is 71.0 Å². The number of nitrogens with one attached hydrogen (secondary N) is 1. The minimum atomic E-state index is 0.846. The predicted molar refractivity (Wildman–Crippen MR) is 81.1 cm³/mol. The number of rotatable bonds is 10. The van der Waals surface area contributed by atoms with Crippen LogP contribution in [0.5, 0.6) is 0 Å². The van der Waals surface area contributed by atoms with E-state index in [-0.39, 0.29) is 0 Å². The Bertz CT molecular complexity index is 186. The Morgan fingerprint density at radius 1 is 1.06 bits per heavy atom. The lowest BCUT2D eigenvalue weighted by molar-refractivity contribution is 0.184. The van der Waals surface area contributed by atoms with Gasteiger partial charge in [0.25, 0.3) is 0 Å². The molecule has 0 spiro atoms. The Labute approximate surface area is 115 Å². The van der Waals surface area contributed by atoms with Crippen molar-refractivity contribution in [2.75, 3.05) is 26.7 Å². The Balaban J connectivity index is 2.20. The number of nitrogens with zero attached hydrogens (tertiary/aromatic N) is 1. The third kappa shape index (κ3) is 6.75. The van der Waals surface area contributed by atoms with E-state index in [2.05, 4.69) is 24.1 Å². The molecule has 0 atom stereocenters. The molecule has 108 valence electrons. The molecule has 0 heterocycles. The van der Waals surface area contributed by atoms with Crippen molar-refractivity contribution in [2.24, 2.45) is 5.92 Å². The molecule has 0 aromatic heterocycles. The maximum Gasteiger partial charge on any atom is 0.00952 e. The molecular formula is C16H34N2. The fraction of sp³-hybridized carbons (Fsp3) is 1.00. The second-order valence-corrected chi connectivity index (χ2v) is 6.32. The van der Waals surface area contributed by atoms with Gasteiger partial charge in [0.05, 0.1) is 0 Å². The van der Waals surface area contributed by atoms with Gasteiger partial charge in [-0.1, -0.05) is 33.1 Å². The predicted octanol–water partition coefficient (Wildman–Crippen LogP) is 3.67. The highest BCUT2D eigenvalue weighted by Gasteiger charge is 2.21. The molecule has 1 saturated carbocycles. The molecular weight excluding hydrogens is 220 g/mol. The standard InChI is InChI=1S/C16H34N2/c1-15(2)11-14-18(16-9-5-6-10-16)13-8-4-7-12-17-3/h15-17H,4-14H2,1-3H3. The highest BCUT2D eigenvalue weighted by molar-refractivity contribution is 4.77. The second kappa shape index (κ2) is 9.80. The van der Waals surface area contributed by atoms with Crippen LogP contribution in [0.4, 0.5) is 0 Å². The molecule has 0 amide bonds. The monoisotopic (exact) mass is 254 g/mol. The topological polar surface area (TPSA) is 15.3 Å². The molecule has 1 aliphatic rings. The third-order valence-electron chi connectivity index (χ3n) is 4.21. The molecule has 0 aromatic carbocycles. The van der Waals surface area contributed by atoms with Gasteiger partial charge in [0.1, 0.15) is 0 Å². The summed E-state index contributed by atoms with van der Waals surface area (Å²) in [6.07, 6.45) is 11.3. The lowest BCUT2D eigenvalue weighted by atomic mass is 10.1. The molecule has 1 rings (SSSR count). The Morgan fingerprint density at radius 3 is 2.39 bits per heavy atom. The van der Waals surface area contributed by atoms with Gasteiger partial charge in [-0.25, -0.2) is 0 Å². The van der Waals surface area contributed by atoms with E-state index in [0.29, 0.717) is 0 Å². The molecule has 0 aliphatic heterocycles. The average Bonchev–Trinajstić information content (AvgIpc) is 2.86. The van der Waals surface area contributed by atoms with Crippen molar-refractivity contribution < 1.29 is 0 Å². The maximum absolute atomic E-state index is 3.24. The van der Waals surface area contributed by atoms with Gasteiger partial charge in [0.15, 0.2) is 0 Å². The molecule has 2 nitrogen and oxygen atoms in total. The zero-order valence-electron chi connectivity index (χ0n) is 12.9. The van der Waals surface area contributed by atoms with Gasteiger partial charge in [-0.2, -0.15) is 0 Å². The van der Waals surface area contributed by atoms with Crippen molar-refractivity contribution in [3.8, 4) is 0 Å². The van der Waals surface area contributed by atoms with E-state index in [9.17, 15) is 0 Å². The Hall–Kier alpha value is -0.0800. The quantitative estimate of drug-likeness (QED) is 0.598. The summed E-state index contributed by atoms with van der Waals surface area (Å²) in [5.74, 6) is 0.846. The highest BCUT2D eigenvalue weighted by Crippen LogP contribution is 2.24. The van der Waals surface area contributed by atoms with Crippen LogP contribution in [0.25, 0.3) is 0 Å². The fourth-order valence-corrected chi connectivity index (χ4v) is 2.96. The largest absolute Gasteiger partial charge is 0.320 e. The van der Waals surface area contributed by atoms with Crippen LogP contribution in [-0.2, 0) is 0 Å². The van der Waals surface area contributed by atoms with Gasteiger partial charge in [-0.3, -0.25) is 0 Å². The lowest BCUT2D eigenvalue weighted by Gasteiger charge is -2.29. The average molecular weight is 254 g/mol. The van der Waals surface area contributed by atoms with Crippen LogP contribution in [0.2, 0.25) is 0 Å². The number of hydrogen-bond acceptors (Lipinski definition) is 2. The summed E-state index contributed by atoms with van der Waals surface area (Å²) < 4.78 is 0. The van der Waals surface area contributed by atoms with E-state index in [1.807, 2.05) is 7.05 Å². The first-order valence-electron chi connectivity index (χ1n) is 8.12. The zero-order chi connectivity index (χ0) is 13.2. The third-order valence-corrected chi connectivity index (χ3v) is 4.21. The van der Waals surface area contributed by atoms with E-state index in [1.54, 1.807) is 0 Å². The van der Waals surface area contributed by atoms with Crippen LogP contribution in [0, 0.1) is 5.92 Å². The van der Waals surface area contributed by atoms with E-state index in [4.69, 9.17) is 0 Å². The van der Waals surface area contributed by atoms with Gasteiger partial charge in [0.2, 0.25) is 0 Å². The molecule has 0 saturated heterocycles. The van der Waals surface area contributed by atoms with Crippen LogP contribution >= 0.6 is 0 Å². The zero-order valence-corrected chi connectivity index (χ0v) is 12.9. The minimum Gasteiger partial charge on any atom is -0.320 e. The molecule has 0 radical (unpaired) electrons. The summed E-state index contributed by atoms with van der Waals surface area (Å²) in [6.45, 7) is 8.53. The molecule has 2 heteroatoms. The molecule has 1 fully saturated rings. The van der Waals surface area contributed by atoms with Crippen LogP contribution in [-0.4, -0.2) is 37.6 Å². The van der Waals surface area contributed by atoms with Crippen molar-refractivity contribution in [1.29, 1.82) is 0 Å². The van der Waals surface area contributed by atoms with Crippen LogP contribution in [0.15, 0.2) is 0 Å². The normalized spacial score (nSPS) is 17.2. The first kappa shape index (κ1) is 16.0. The summed E-state index contributed by atoms with van der Waals surface area (Å²) in [7, 11) is 2.05. The first-order chi connectivity index (χ1) is 8.74. The second-order valence-electron chi connectivity index (χ2n) is 6.32. The van der Waals surface area contributed by atoms with E-state index in [0.717, 1.165) is 12.0 Å². The van der Waals surface area contributed by atoms with E-state index < -0.39 is 0 Å². The summed E-state index contributed by atoms with van der Waals surface area (Å²) in [6, 6.07) is 0.910. The molecule has 1 aliphatic carbocycles. The summed E-state index contributed by atoms with van der Waals surface area (Å²) >= 11 is 0. The summed E-state index contributed by atoms with van der Waals surface area (Å²) in [5.41, 5.74) is 0. The molecule has 0 unspecified atom stereocenters. The molecule has 0 aromatic rings. The fourth-order valence-electron chi connectivity index (χ4n) is 2.96. The van der Waals surface area contributed by atoms with Crippen LogP contribution in [0.1, 0.15) is 65.2 Å². The van der Waals surface area contributed by atoms with Crippen molar-refractivity contribution in [2.45, 2.75) is 71.3 Å². The van der Waals surface area contributed by atoms with Gasteiger partial charge >= 0.3 is 0 Å². The highest BCUT2D eigenvalue weighted by atomic mass is 15.2. The molecule has 18 heavy (non-hydrogen) atoms. The van der Waals surface area contributed by atoms with Crippen molar-refractivity contribution >= 4 is 0 Å². The molecule has 1 N–H and O–H groups in total. The van der Waals surface area contributed by atoms with Gasteiger partial charge < -0.3 is 10.2 Å². The smallest absolute Gasteiger partial charge is 0.00952 e. The van der Waals surface area contributed by atoms with Crippen LogP contribution < -0.4 is 5.32 Å². The lowest BCUT2D eigenvalue weighted by Crippen LogP contribution is -2.35. The van der Waals surface area contributed by atoms with Crippen molar-refractivity contribution in [3.05, 3.63) is 0 Å². The van der Waals surface area contributed by atoms with Gasteiger partial charge in [-0.15, -0.1) is 0 Å². The van der Waals surface area contributed by atoms with E-state index >= 15 is 0 Å². The number of unbranched alkanes of at least 4 members (excludes halogenated alkanes) is 2. The summed E-state index contributed by atoms with van der Waals surface area (Å²) in [4.78, 5) is 2.80. The van der Waals surface area contributed by atoms with Crippen molar-refractivity contribution in [3.63, 3.8) is 0 Å². The Kier molecular flexibility index (Phi) is 8.70.